The Morgan fingerprint density at radius 3 is 2.34 bits per heavy atom. The monoisotopic (exact) mass is 517 g/mol. The Morgan fingerprint density at radius 1 is 1.03 bits per heavy atom. The minimum atomic E-state index is -3.81. The second kappa shape index (κ2) is 10.6. The number of hydroxylamine groups is 2. The third-order valence-corrected chi connectivity index (χ3v) is 7.23. The number of hydrogen-bond acceptors (Lipinski definition) is 8. The predicted molar refractivity (Wildman–Crippen MR) is 128 cm³/mol. The fourth-order valence-electron chi connectivity index (χ4n) is 2.90. The second-order valence-corrected chi connectivity index (χ2v) is 11.1. The maximum atomic E-state index is 12.8. The van der Waals surface area contributed by atoms with Crippen LogP contribution in [0.25, 0.3) is 0 Å². The van der Waals surface area contributed by atoms with Gasteiger partial charge in [0.25, 0.3) is 5.91 Å². The van der Waals surface area contributed by atoms with E-state index in [2.05, 4.69) is 9.71 Å². The number of carbonyl (C=O) groups excluding carboxylic acids is 1. The lowest BCUT2D eigenvalue weighted by Gasteiger charge is -2.20. The molecule has 35 heavy (non-hydrogen) atoms. The summed E-state index contributed by atoms with van der Waals surface area (Å²) >= 11 is 0. The molecule has 0 saturated carbocycles. The lowest BCUT2D eigenvalue weighted by molar-refractivity contribution is 0.0152. The first-order valence-corrected chi connectivity index (χ1v) is 13.5. The summed E-state index contributed by atoms with van der Waals surface area (Å²) in [5.74, 6) is -1.61. The Hall–Kier alpha value is -3.81. The summed E-state index contributed by atoms with van der Waals surface area (Å²) in [5.41, 5.74) is 6.16. The molecular formula is C22H23N5O6S2. The van der Waals surface area contributed by atoms with Crippen LogP contribution in [0, 0.1) is 5.41 Å². The highest BCUT2D eigenvalue weighted by Gasteiger charge is 2.23. The predicted octanol–water partition coefficient (Wildman–Crippen LogP) is 1.34. The molecule has 0 bridgehead atoms. The number of aromatic nitrogens is 1. The zero-order chi connectivity index (χ0) is 25.6. The van der Waals surface area contributed by atoms with Crippen molar-refractivity contribution in [2.24, 2.45) is 5.73 Å². The zero-order valence-corrected chi connectivity index (χ0v) is 20.2. The molecule has 1 heterocycles. The molecule has 3 aromatic rings. The number of sulfonamides is 1. The van der Waals surface area contributed by atoms with Gasteiger partial charge in [-0.1, -0.05) is 12.1 Å². The van der Waals surface area contributed by atoms with E-state index in [4.69, 9.17) is 16.0 Å². The summed E-state index contributed by atoms with van der Waals surface area (Å²) in [6.07, 6.45) is 3.04. The first-order chi connectivity index (χ1) is 16.5. The molecule has 4 N–H and O–H groups in total. The Bertz CT molecular complexity index is 1430. The average Bonchev–Trinajstić information content (AvgIpc) is 2.82. The third kappa shape index (κ3) is 6.85. The molecule has 11 nitrogen and oxygen atoms in total. The van der Waals surface area contributed by atoms with Crippen LogP contribution in [0.3, 0.4) is 0 Å². The fourth-order valence-corrected chi connectivity index (χ4v) is 4.60. The van der Waals surface area contributed by atoms with Crippen molar-refractivity contribution in [3.8, 4) is 5.75 Å². The number of nitrogens with zero attached hydrogens (tertiary/aromatic N) is 2. The van der Waals surface area contributed by atoms with E-state index in [1.165, 1.54) is 42.5 Å². The first-order valence-electron chi connectivity index (χ1n) is 10.1. The van der Waals surface area contributed by atoms with Crippen LogP contribution in [0.5, 0.6) is 5.75 Å². The van der Waals surface area contributed by atoms with Gasteiger partial charge in [0.15, 0.2) is 15.6 Å². The molecule has 0 fully saturated rings. The molecule has 0 saturated heterocycles. The van der Waals surface area contributed by atoms with Gasteiger partial charge in [-0.25, -0.2) is 21.6 Å². The molecule has 0 aliphatic heterocycles. The maximum absolute atomic E-state index is 12.8. The molecule has 3 rings (SSSR count). The van der Waals surface area contributed by atoms with Crippen molar-refractivity contribution in [3.63, 3.8) is 0 Å². The minimum Gasteiger partial charge on any atom is -0.369 e. The molecule has 13 heteroatoms. The Labute approximate surface area is 203 Å². The molecule has 0 spiro atoms. The second-order valence-electron chi connectivity index (χ2n) is 7.32. The number of benzene rings is 2. The maximum Gasteiger partial charge on any atom is 0.294 e. The lowest BCUT2D eigenvalue weighted by atomic mass is 10.2. The summed E-state index contributed by atoms with van der Waals surface area (Å²) in [6, 6.07) is 15.7. The summed E-state index contributed by atoms with van der Waals surface area (Å²) in [5, 5.41) is 8.14. The largest absolute Gasteiger partial charge is 0.369 e. The molecule has 2 aromatic carbocycles. The van der Waals surface area contributed by atoms with Crippen LogP contribution < -0.4 is 15.3 Å². The van der Waals surface area contributed by atoms with E-state index >= 15 is 0 Å². The van der Waals surface area contributed by atoms with Gasteiger partial charge in [-0.15, -0.1) is 5.06 Å². The van der Waals surface area contributed by atoms with Gasteiger partial charge >= 0.3 is 0 Å². The Kier molecular flexibility index (Phi) is 7.84. The number of hydrogen-bond donors (Lipinski definition) is 3. The lowest BCUT2D eigenvalue weighted by Crippen LogP contribution is -2.43. The molecule has 0 aliphatic rings. The third-order valence-electron chi connectivity index (χ3n) is 4.64. The highest BCUT2D eigenvalue weighted by Crippen LogP contribution is 2.19. The molecule has 0 unspecified atom stereocenters. The van der Waals surface area contributed by atoms with E-state index in [1.807, 2.05) is 6.07 Å². The topological polar surface area (TPSA) is 173 Å². The number of pyridine rings is 1. The van der Waals surface area contributed by atoms with Crippen molar-refractivity contribution < 1.29 is 26.5 Å². The first kappa shape index (κ1) is 25.8. The number of nitrogens with one attached hydrogen (secondary N) is 2. The SMILES string of the molecule is CS(=O)(=O)c1cccc(C(=O)N(Oc2ccc(S(=O)(=O)NCCc3ccccn3)cc2)C(=N)N)c1. The number of rotatable bonds is 9. The number of guanidine groups is 1. The highest BCUT2D eigenvalue weighted by molar-refractivity contribution is 7.90. The van der Waals surface area contributed by atoms with Crippen LogP contribution in [0.4, 0.5) is 0 Å². The highest BCUT2D eigenvalue weighted by atomic mass is 32.2. The molecule has 184 valence electrons. The minimum absolute atomic E-state index is 0.0280. The Balaban J connectivity index is 1.70. The smallest absolute Gasteiger partial charge is 0.294 e. The van der Waals surface area contributed by atoms with Crippen LogP contribution in [0.1, 0.15) is 16.1 Å². The van der Waals surface area contributed by atoms with E-state index in [1.54, 1.807) is 18.3 Å². The van der Waals surface area contributed by atoms with Gasteiger partial charge in [0.1, 0.15) is 0 Å². The van der Waals surface area contributed by atoms with Crippen molar-refractivity contribution in [1.82, 2.24) is 14.8 Å². The van der Waals surface area contributed by atoms with Gasteiger partial charge < -0.3 is 10.6 Å². The standard InChI is InChI=1S/C22H23N5O6S2/c1-34(29,30)20-7-4-5-16(15-20)21(28)27(22(23)24)33-18-8-10-19(11-9-18)35(31,32)26-14-12-17-6-2-3-13-25-17/h2-11,13,15,26H,12,14H2,1H3,(H3,23,24). The van der Waals surface area contributed by atoms with Crippen molar-refractivity contribution in [2.75, 3.05) is 12.8 Å². The van der Waals surface area contributed by atoms with Gasteiger partial charge in [0, 0.05) is 36.7 Å². The van der Waals surface area contributed by atoms with Gasteiger partial charge in [-0.3, -0.25) is 15.2 Å². The molecule has 0 radical (unpaired) electrons. The summed E-state index contributed by atoms with van der Waals surface area (Å²) in [7, 11) is -7.38. The number of nitrogens with two attached hydrogens (primary N) is 1. The Morgan fingerprint density at radius 2 is 1.74 bits per heavy atom. The van der Waals surface area contributed by atoms with Gasteiger partial charge in [0.2, 0.25) is 16.0 Å². The van der Waals surface area contributed by atoms with Crippen LogP contribution in [-0.4, -0.2) is 51.6 Å². The fraction of sp³-hybridized carbons (Fsp3) is 0.136. The van der Waals surface area contributed by atoms with E-state index in [-0.39, 0.29) is 27.6 Å². The van der Waals surface area contributed by atoms with E-state index < -0.39 is 31.7 Å². The van der Waals surface area contributed by atoms with Gasteiger partial charge in [0.05, 0.1) is 9.79 Å². The van der Waals surface area contributed by atoms with Crippen molar-refractivity contribution in [2.45, 2.75) is 16.2 Å². The normalized spacial score (nSPS) is 11.6. The molecule has 0 aliphatic carbocycles. The van der Waals surface area contributed by atoms with Crippen molar-refractivity contribution in [3.05, 3.63) is 84.2 Å². The molecular weight excluding hydrogens is 494 g/mol. The number of carbonyl (C=O) groups is 1. The summed E-state index contributed by atoms with van der Waals surface area (Å²) < 4.78 is 51.1. The summed E-state index contributed by atoms with van der Waals surface area (Å²) in [6.45, 7) is 0.150. The number of sulfone groups is 1. The quantitative estimate of drug-likeness (QED) is 0.217. The molecule has 1 aromatic heterocycles. The number of amides is 1. The zero-order valence-electron chi connectivity index (χ0n) is 18.6. The molecule has 0 atom stereocenters. The van der Waals surface area contributed by atoms with E-state index in [9.17, 15) is 21.6 Å². The average molecular weight is 518 g/mol. The van der Waals surface area contributed by atoms with Gasteiger partial charge in [-0.2, -0.15) is 0 Å². The van der Waals surface area contributed by atoms with Crippen molar-refractivity contribution in [1.29, 1.82) is 5.41 Å². The van der Waals surface area contributed by atoms with Crippen LogP contribution >= 0.6 is 0 Å². The summed E-state index contributed by atoms with van der Waals surface area (Å²) in [4.78, 5) is 22.2. The van der Waals surface area contributed by atoms with E-state index in [0.717, 1.165) is 18.0 Å². The molecule has 1 amide bonds. The van der Waals surface area contributed by atoms with Crippen LogP contribution in [0.2, 0.25) is 0 Å². The van der Waals surface area contributed by atoms with Crippen LogP contribution in [-0.2, 0) is 26.3 Å². The van der Waals surface area contributed by atoms with Gasteiger partial charge in [-0.05, 0) is 54.6 Å². The van der Waals surface area contributed by atoms with Crippen molar-refractivity contribution >= 4 is 31.7 Å². The van der Waals surface area contributed by atoms with E-state index in [0.29, 0.717) is 11.5 Å². The van der Waals surface area contributed by atoms with Crippen LogP contribution in [0.15, 0.2) is 82.7 Å².